The van der Waals surface area contributed by atoms with E-state index in [-0.39, 0.29) is 24.7 Å². The molecule has 2 saturated heterocycles. The van der Waals surface area contributed by atoms with Gasteiger partial charge in [0.2, 0.25) is 5.91 Å². The third-order valence-electron chi connectivity index (χ3n) is 4.89. The number of hydrogen-bond acceptors (Lipinski definition) is 6. The number of rotatable bonds is 4. The summed E-state index contributed by atoms with van der Waals surface area (Å²) in [5.74, 6) is -0.390. The van der Waals surface area contributed by atoms with Gasteiger partial charge in [-0.15, -0.1) is 0 Å². The van der Waals surface area contributed by atoms with Crippen molar-refractivity contribution in [2.24, 2.45) is 5.73 Å². The highest BCUT2D eigenvalue weighted by Crippen LogP contribution is 2.24. The highest BCUT2D eigenvalue weighted by molar-refractivity contribution is 5.77. The third-order valence-corrected chi connectivity index (χ3v) is 4.89. The lowest BCUT2D eigenvalue weighted by Crippen LogP contribution is -2.49. The molecule has 2 fully saturated rings. The number of carbonyl (C=O) groups is 1. The van der Waals surface area contributed by atoms with Crippen molar-refractivity contribution in [3.63, 3.8) is 0 Å². The van der Waals surface area contributed by atoms with E-state index in [1.165, 1.54) is 12.1 Å². The number of benzene rings is 1. The molecule has 0 radical (unpaired) electrons. The molecule has 2 heterocycles. The second-order valence-electron chi connectivity index (χ2n) is 6.48. The first-order valence-electron chi connectivity index (χ1n) is 8.49. The van der Waals surface area contributed by atoms with Crippen molar-refractivity contribution in [2.75, 3.05) is 37.6 Å². The Morgan fingerprint density at radius 1 is 1.12 bits per heavy atom. The lowest BCUT2D eigenvalue weighted by atomic mass is 10.0. The zero-order valence-electron chi connectivity index (χ0n) is 13.9. The summed E-state index contributed by atoms with van der Waals surface area (Å²) in [6.07, 6.45) is -3.50. The number of aliphatic hydroxyl groups excluding tert-OH is 2. The van der Waals surface area contributed by atoms with Gasteiger partial charge in [-0.1, -0.05) is 0 Å². The van der Waals surface area contributed by atoms with Gasteiger partial charge in [-0.3, -0.25) is 4.79 Å². The van der Waals surface area contributed by atoms with Gasteiger partial charge in [-0.2, -0.15) is 0 Å². The monoisotopic (exact) mass is 353 g/mol. The maximum atomic E-state index is 13.0. The second-order valence-corrected chi connectivity index (χ2v) is 6.48. The van der Waals surface area contributed by atoms with Crippen LogP contribution in [0.3, 0.4) is 0 Å². The summed E-state index contributed by atoms with van der Waals surface area (Å²) < 4.78 is 18.5. The molecule has 25 heavy (non-hydrogen) atoms. The number of amides is 1. The molecule has 2 aliphatic heterocycles. The van der Waals surface area contributed by atoms with E-state index in [2.05, 4.69) is 4.90 Å². The Morgan fingerprint density at radius 3 is 2.28 bits per heavy atom. The van der Waals surface area contributed by atoms with Crippen LogP contribution in [-0.4, -0.2) is 78.2 Å². The van der Waals surface area contributed by atoms with E-state index in [9.17, 15) is 19.4 Å². The van der Waals surface area contributed by atoms with Gasteiger partial charge in [0.15, 0.2) is 0 Å². The second kappa shape index (κ2) is 7.65. The van der Waals surface area contributed by atoms with Crippen LogP contribution in [0.5, 0.6) is 0 Å². The molecule has 1 amide bonds. The molecule has 1 aromatic carbocycles. The third kappa shape index (κ3) is 3.92. The molecule has 0 unspecified atom stereocenters. The number of anilines is 1. The molecule has 4 N–H and O–H groups in total. The van der Waals surface area contributed by atoms with E-state index in [1.54, 1.807) is 17.0 Å². The number of piperazine rings is 1. The molecular weight excluding hydrogens is 329 g/mol. The summed E-state index contributed by atoms with van der Waals surface area (Å²) in [5.41, 5.74) is 6.41. The molecule has 0 saturated carbocycles. The Labute approximate surface area is 145 Å². The van der Waals surface area contributed by atoms with Gasteiger partial charge >= 0.3 is 0 Å². The van der Waals surface area contributed by atoms with E-state index in [0.29, 0.717) is 26.2 Å². The van der Waals surface area contributed by atoms with Gasteiger partial charge in [0.1, 0.15) is 18.0 Å². The fourth-order valence-electron chi connectivity index (χ4n) is 3.36. The predicted octanol–water partition coefficient (Wildman–Crippen LogP) is -0.688. The zero-order chi connectivity index (χ0) is 18.0. The maximum Gasteiger partial charge on any atom is 0.225 e. The van der Waals surface area contributed by atoms with E-state index >= 15 is 0 Å². The van der Waals surface area contributed by atoms with Gasteiger partial charge in [-0.25, -0.2) is 4.39 Å². The summed E-state index contributed by atoms with van der Waals surface area (Å²) >= 11 is 0. The summed E-state index contributed by atoms with van der Waals surface area (Å²) in [6, 6.07) is 6.30. The standard InChI is InChI=1S/C17H24FN3O4/c18-11-1-3-12(4-2-11)20-5-7-21(8-6-20)15(22)9-13-16(23)17(24)14(10-19)25-13/h1-4,13-14,16-17,23-24H,5-10,19H2/t13-,14+,16-,17+/m0/s1. The van der Waals surface area contributed by atoms with Crippen LogP contribution >= 0.6 is 0 Å². The Morgan fingerprint density at radius 2 is 1.72 bits per heavy atom. The van der Waals surface area contributed by atoms with Crippen molar-refractivity contribution >= 4 is 11.6 Å². The lowest BCUT2D eigenvalue weighted by Gasteiger charge is -2.36. The van der Waals surface area contributed by atoms with Crippen LogP contribution in [-0.2, 0) is 9.53 Å². The van der Waals surface area contributed by atoms with Gasteiger partial charge in [0.25, 0.3) is 0 Å². The molecular formula is C17H24FN3O4. The van der Waals surface area contributed by atoms with Crippen LogP contribution in [0.4, 0.5) is 10.1 Å². The first-order valence-corrected chi connectivity index (χ1v) is 8.49. The number of nitrogens with two attached hydrogens (primary N) is 1. The zero-order valence-corrected chi connectivity index (χ0v) is 13.9. The minimum atomic E-state index is -1.10. The van der Waals surface area contributed by atoms with Crippen LogP contribution < -0.4 is 10.6 Å². The maximum absolute atomic E-state index is 13.0. The van der Waals surface area contributed by atoms with Crippen molar-refractivity contribution in [3.8, 4) is 0 Å². The highest BCUT2D eigenvalue weighted by atomic mass is 19.1. The predicted molar refractivity (Wildman–Crippen MR) is 89.5 cm³/mol. The van der Waals surface area contributed by atoms with Gasteiger partial charge in [-0.05, 0) is 24.3 Å². The Hall–Kier alpha value is -1.74. The van der Waals surface area contributed by atoms with E-state index in [1.807, 2.05) is 0 Å². The normalized spacial score (nSPS) is 29.9. The number of ether oxygens (including phenoxy) is 1. The summed E-state index contributed by atoms with van der Waals surface area (Å²) in [7, 11) is 0. The SMILES string of the molecule is NC[C@H]1O[C@@H](CC(=O)N2CCN(c3ccc(F)cc3)CC2)[C@H](O)[C@@H]1O. The van der Waals surface area contributed by atoms with Crippen LogP contribution in [0, 0.1) is 5.82 Å². The van der Waals surface area contributed by atoms with Crippen LogP contribution in [0.1, 0.15) is 6.42 Å². The average Bonchev–Trinajstić information content (AvgIpc) is 2.90. The van der Waals surface area contributed by atoms with Crippen molar-refractivity contribution in [2.45, 2.75) is 30.8 Å². The number of hydrogen-bond donors (Lipinski definition) is 3. The molecule has 0 spiro atoms. The largest absolute Gasteiger partial charge is 0.388 e. The minimum Gasteiger partial charge on any atom is -0.388 e. The molecule has 4 atom stereocenters. The van der Waals surface area contributed by atoms with Crippen LogP contribution in [0.2, 0.25) is 0 Å². The molecule has 2 aliphatic rings. The van der Waals surface area contributed by atoms with Gasteiger partial charge in [0, 0.05) is 38.4 Å². The Kier molecular flexibility index (Phi) is 5.53. The molecule has 7 nitrogen and oxygen atoms in total. The Balaban J connectivity index is 1.51. The number of aliphatic hydroxyl groups is 2. The number of nitrogens with zero attached hydrogens (tertiary/aromatic N) is 2. The highest BCUT2D eigenvalue weighted by Gasteiger charge is 2.43. The van der Waals surface area contributed by atoms with Crippen LogP contribution in [0.15, 0.2) is 24.3 Å². The summed E-state index contributed by atoms with van der Waals surface area (Å²) in [4.78, 5) is 16.3. The molecule has 138 valence electrons. The Bertz CT molecular complexity index is 592. The molecule has 0 aromatic heterocycles. The molecule has 1 aromatic rings. The summed E-state index contributed by atoms with van der Waals surface area (Å²) in [5, 5.41) is 19.8. The van der Waals surface area contributed by atoms with Crippen LogP contribution in [0.25, 0.3) is 0 Å². The number of carbonyl (C=O) groups excluding carboxylic acids is 1. The fourth-order valence-corrected chi connectivity index (χ4v) is 3.36. The van der Waals surface area contributed by atoms with Gasteiger partial charge < -0.3 is 30.5 Å². The fraction of sp³-hybridized carbons (Fsp3) is 0.588. The molecule has 3 rings (SSSR count). The minimum absolute atomic E-state index is 0.0191. The van der Waals surface area contributed by atoms with E-state index in [4.69, 9.17) is 10.5 Å². The van der Waals surface area contributed by atoms with Crippen molar-refractivity contribution < 1.29 is 24.1 Å². The first-order chi connectivity index (χ1) is 12.0. The molecule has 0 aliphatic carbocycles. The van der Waals surface area contributed by atoms with Crippen molar-refractivity contribution in [3.05, 3.63) is 30.1 Å². The lowest BCUT2D eigenvalue weighted by molar-refractivity contribution is -0.135. The topological polar surface area (TPSA) is 99.3 Å². The first kappa shape index (κ1) is 18.1. The average molecular weight is 353 g/mol. The van der Waals surface area contributed by atoms with E-state index in [0.717, 1.165) is 5.69 Å². The molecule has 0 bridgehead atoms. The molecule has 8 heteroatoms. The smallest absolute Gasteiger partial charge is 0.225 e. The van der Waals surface area contributed by atoms with Crippen molar-refractivity contribution in [1.29, 1.82) is 0 Å². The quantitative estimate of drug-likeness (QED) is 0.663. The van der Waals surface area contributed by atoms with E-state index < -0.39 is 24.4 Å². The van der Waals surface area contributed by atoms with Crippen molar-refractivity contribution in [1.82, 2.24) is 4.90 Å². The summed E-state index contributed by atoms with van der Waals surface area (Å²) in [6.45, 7) is 2.49. The number of halogens is 1. The van der Waals surface area contributed by atoms with Gasteiger partial charge in [0.05, 0.1) is 18.6 Å².